The standard InChI is InChI=1S/C17H25NO/c1-18-13-7-11-16(18)14-17(19)12-6-5-10-15-8-3-2-4-9-15/h2-5,8-10,16-17,19H,6-7,11-14H2,1H3/b10-5+/t16-,17-/m1/s1. The normalized spacial score (nSPS) is 22.1. The maximum absolute atomic E-state index is 10.1. The molecule has 0 spiro atoms. The lowest BCUT2D eigenvalue weighted by molar-refractivity contribution is 0.122. The van der Waals surface area contributed by atoms with Gasteiger partial charge in [-0.3, -0.25) is 0 Å². The van der Waals surface area contributed by atoms with Crippen LogP contribution >= 0.6 is 0 Å². The van der Waals surface area contributed by atoms with E-state index >= 15 is 0 Å². The molecule has 0 aromatic heterocycles. The van der Waals surface area contributed by atoms with Crippen LogP contribution in [0, 0.1) is 0 Å². The van der Waals surface area contributed by atoms with Gasteiger partial charge in [0.15, 0.2) is 0 Å². The second-order valence-electron chi connectivity index (χ2n) is 5.56. The average Bonchev–Trinajstić information content (AvgIpc) is 2.82. The van der Waals surface area contributed by atoms with Crippen molar-refractivity contribution in [3.8, 4) is 0 Å². The van der Waals surface area contributed by atoms with Crippen LogP contribution in [0.5, 0.6) is 0 Å². The third kappa shape index (κ3) is 4.81. The van der Waals surface area contributed by atoms with E-state index in [0.717, 1.165) is 19.3 Å². The molecule has 0 aliphatic carbocycles. The van der Waals surface area contributed by atoms with Gasteiger partial charge in [-0.25, -0.2) is 0 Å². The summed E-state index contributed by atoms with van der Waals surface area (Å²) in [7, 11) is 2.17. The molecule has 2 heteroatoms. The van der Waals surface area contributed by atoms with Gasteiger partial charge in [0.1, 0.15) is 0 Å². The highest BCUT2D eigenvalue weighted by atomic mass is 16.3. The fraction of sp³-hybridized carbons (Fsp3) is 0.529. The highest BCUT2D eigenvalue weighted by molar-refractivity contribution is 5.48. The van der Waals surface area contributed by atoms with Crippen molar-refractivity contribution in [2.24, 2.45) is 0 Å². The van der Waals surface area contributed by atoms with Crippen LogP contribution < -0.4 is 0 Å². The molecular formula is C17H25NO. The average molecular weight is 259 g/mol. The molecule has 104 valence electrons. The van der Waals surface area contributed by atoms with Gasteiger partial charge in [-0.15, -0.1) is 0 Å². The van der Waals surface area contributed by atoms with Gasteiger partial charge in [-0.1, -0.05) is 42.5 Å². The molecule has 0 radical (unpaired) electrons. The Hall–Kier alpha value is -1.12. The van der Waals surface area contributed by atoms with E-state index in [9.17, 15) is 5.11 Å². The number of nitrogens with zero attached hydrogens (tertiary/aromatic N) is 1. The highest BCUT2D eigenvalue weighted by Gasteiger charge is 2.22. The summed E-state index contributed by atoms with van der Waals surface area (Å²) < 4.78 is 0. The fourth-order valence-electron chi connectivity index (χ4n) is 2.78. The predicted molar refractivity (Wildman–Crippen MR) is 81.0 cm³/mol. The summed E-state index contributed by atoms with van der Waals surface area (Å²) in [6, 6.07) is 10.9. The number of rotatable bonds is 6. The first-order valence-electron chi connectivity index (χ1n) is 7.35. The quantitative estimate of drug-likeness (QED) is 0.847. The minimum atomic E-state index is -0.161. The number of benzene rings is 1. The molecule has 1 aromatic carbocycles. The molecule has 2 nitrogen and oxygen atoms in total. The number of hydrogen-bond donors (Lipinski definition) is 1. The van der Waals surface area contributed by atoms with Crippen molar-refractivity contribution < 1.29 is 5.11 Å². The monoisotopic (exact) mass is 259 g/mol. The van der Waals surface area contributed by atoms with Crippen LogP contribution in [-0.2, 0) is 0 Å². The zero-order valence-electron chi connectivity index (χ0n) is 11.8. The van der Waals surface area contributed by atoms with Gasteiger partial charge in [0.2, 0.25) is 0 Å². The number of aliphatic hydroxyl groups excluding tert-OH is 1. The topological polar surface area (TPSA) is 23.5 Å². The molecule has 0 unspecified atom stereocenters. The zero-order valence-corrected chi connectivity index (χ0v) is 11.8. The fourth-order valence-corrected chi connectivity index (χ4v) is 2.78. The van der Waals surface area contributed by atoms with Gasteiger partial charge in [0.05, 0.1) is 6.10 Å². The van der Waals surface area contributed by atoms with Crippen molar-refractivity contribution in [2.45, 2.75) is 44.2 Å². The second-order valence-corrected chi connectivity index (χ2v) is 5.56. The van der Waals surface area contributed by atoms with Crippen LogP contribution in [0.15, 0.2) is 36.4 Å². The summed E-state index contributed by atoms with van der Waals surface area (Å²) in [5, 5.41) is 10.1. The van der Waals surface area contributed by atoms with E-state index in [1.54, 1.807) is 0 Å². The molecule has 0 bridgehead atoms. The van der Waals surface area contributed by atoms with Crippen molar-refractivity contribution in [3.05, 3.63) is 42.0 Å². The first kappa shape index (κ1) is 14.3. The van der Waals surface area contributed by atoms with Crippen LogP contribution in [-0.4, -0.2) is 35.7 Å². The summed E-state index contributed by atoms with van der Waals surface area (Å²) in [6.07, 6.45) is 9.40. The molecule has 1 aromatic rings. The molecule has 1 N–H and O–H groups in total. The molecule has 0 amide bonds. The Kier molecular flexibility index (Phi) is 5.62. The molecule has 0 saturated carbocycles. The molecule has 1 saturated heterocycles. The lowest BCUT2D eigenvalue weighted by Gasteiger charge is -2.22. The Labute approximate surface area is 116 Å². The largest absolute Gasteiger partial charge is 0.393 e. The van der Waals surface area contributed by atoms with E-state index < -0.39 is 0 Å². The predicted octanol–water partition coefficient (Wildman–Crippen LogP) is 3.33. The lowest BCUT2D eigenvalue weighted by atomic mass is 10.0. The van der Waals surface area contributed by atoms with Crippen LogP contribution in [0.4, 0.5) is 0 Å². The third-order valence-corrected chi connectivity index (χ3v) is 3.99. The first-order chi connectivity index (χ1) is 9.25. The summed E-state index contributed by atoms with van der Waals surface area (Å²) in [4.78, 5) is 2.38. The maximum atomic E-state index is 10.1. The maximum Gasteiger partial charge on any atom is 0.0558 e. The van der Waals surface area contributed by atoms with E-state index in [4.69, 9.17) is 0 Å². The smallest absolute Gasteiger partial charge is 0.0558 e. The SMILES string of the molecule is CN1CCC[C@@H]1C[C@H](O)CC/C=C/c1ccccc1. The Balaban J connectivity index is 1.66. The molecule has 2 atom stereocenters. The van der Waals surface area contributed by atoms with E-state index in [1.165, 1.54) is 24.9 Å². The van der Waals surface area contributed by atoms with Crippen LogP contribution in [0.25, 0.3) is 6.08 Å². The molecule has 1 fully saturated rings. The molecule has 1 aliphatic rings. The minimum absolute atomic E-state index is 0.161. The Morgan fingerprint density at radius 1 is 1.37 bits per heavy atom. The van der Waals surface area contributed by atoms with E-state index in [-0.39, 0.29) is 6.10 Å². The van der Waals surface area contributed by atoms with Crippen LogP contribution in [0.3, 0.4) is 0 Å². The Morgan fingerprint density at radius 3 is 2.84 bits per heavy atom. The number of likely N-dealkylation sites (tertiary alicyclic amines) is 1. The summed E-state index contributed by atoms with van der Waals surface area (Å²) in [5.41, 5.74) is 1.23. The van der Waals surface area contributed by atoms with Crippen molar-refractivity contribution in [3.63, 3.8) is 0 Å². The van der Waals surface area contributed by atoms with Gasteiger partial charge in [-0.2, -0.15) is 0 Å². The van der Waals surface area contributed by atoms with Crippen molar-refractivity contribution in [1.29, 1.82) is 0 Å². The van der Waals surface area contributed by atoms with E-state index in [0.29, 0.717) is 6.04 Å². The number of aliphatic hydroxyl groups is 1. The number of allylic oxidation sites excluding steroid dienone is 1. The molecular weight excluding hydrogens is 234 g/mol. The van der Waals surface area contributed by atoms with Crippen LogP contribution in [0.2, 0.25) is 0 Å². The summed E-state index contributed by atoms with van der Waals surface area (Å²) >= 11 is 0. The zero-order chi connectivity index (χ0) is 13.5. The highest BCUT2D eigenvalue weighted by Crippen LogP contribution is 2.20. The number of hydrogen-bond acceptors (Lipinski definition) is 2. The Bertz CT molecular complexity index is 388. The van der Waals surface area contributed by atoms with E-state index in [1.807, 2.05) is 18.2 Å². The van der Waals surface area contributed by atoms with Gasteiger partial charge >= 0.3 is 0 Å². The van der Waals surface area contributed by atoms with E-state index in [2.05, 4.69) is 36.2 Å². The van der Waals surface area contributed by atoms with Crippen molar-refractivity contribution in [1.82, 2.24) is 4.90 Å². The van der Waals surface area contributed by atoms with Gasteiger partial charge < -0.3 is 10.0 Å². The molecule has 19 heavy (non-hydrogen) atoms. The van der Waals surface area contributed by atoms with Gasteiger partial charge in [-0.05, 0) is 51.3 Å². The van der Waals surface area contributed by atoms with Gasteiger partial charge in [0.25, 0.3) is 0 Å². The van der Waals surface area contributed by atoms with Crippen LogP contribution in [0.1, 0.15) is 37.7 Å². The molecule has 1 aliphatic heterocycles. The minimum Gasteiger partial charge on any atom is -0.393 e. The van der Waals surface area contributed by atoms with Crippen molar-refractivity contribution in [2.75, 3.05) is 13.6 Å². The first-order valence-corrected chi connectivity index (χ1v) is 7.35. The third-order valence-electron chi connectivity index (χ3n) is 3.99. The second kappa shape index (κ2) is 7.46. The molecule has 2 rings (SSSR count). The Morgan fingerprint density at radius 2 is 2.16 bits per heavy atom. The summed E-state index contributed by atoms with van der Waals surface area (Å²) in [6.45, 7) is 1.19. The summed E-state index contributed by atoms with van der Waals surface area (Å²) in [5.74, 6) is 0. The van der Waals surface area contributed by atoms with Gasteiger partial charge in [0, 0.05) is 6.04 Å². The van der Waals surface area contributed by atoms with Crippen molar-refractivity contribution >= 4 is 6.08 Å². The molecule has 1 heterocycles. The lowest BCUT2D eigenvalue weighted by Crippen LogP contribution is -2.28.